The molecule has 0 N–H and O–H groups in total. The van der Waals surface area contributed by atoms with E-state index in [0.29, 0.717) is 31.7 Å². The second-order valence-electron chi connectivity index (χ2n) is 5.51. The van der Waals surface area contributed by atoms with E-state index in [1.165, 1.54) is 0 Å². The van der Waals surface area contributed by atoms with E-state index in [-0.39, 0.29) is 17.5 Å². The van der Waals surface area contributed by atoms with Crippen molar-refractivity contribution in [1.82, 2.24) is 0 Å². The zero-order valence-corrected chi connectivity index (χ0v) is 10.2. The molecule has 1 saturated carbocycles. The highest BCUT2D eigenvalue weighted by molar-refractivity contribution is 5.71. The van der Waals surface area contributed by atoms with Gasteiger partial charge in [0.05, 0.1) is 13.0 Å². The van der Waals surface area contributed by atoms with Crippen molar-refractivity contribution in [2.45, 2.75) is 32.8 Å². The van der Waals surface area contributed by atoms with Gasteiger partial charge in [0.15, 0.2) is 0 Å². The van der Waals surface area contributed by atoms with Crippen molar-refractivity contribution >= 4 is 5.97 Å². The Morgan fingerprint density at radius 1 is 1.50 bits per heavy atom. The van der Waals surface area contributed by atoms with Crippen LogP contribution in [0.3, 0.4) is 0 Å². The summed E-state index contributed by atoms with van der Waals surface area (Å²) in [6.45, 7) is 5.20. The van der Waals surface area contributed by atoms with Crippen molar-refractivity contribution in [1.29, 1.82) is 0 Å². The van der Waals surface area contributed by atoms with Gasteiger partial charge >= 0.3 is 5.97 Å². The van der Waals surface area contributed by atoms with Crippen LogP contribution in [0.15, 0.2) is 0 Å². The summed E-state index contributed by atoms with van der Waals surface area (Å²) in [5, 5.41) is 0. The van der Waals surface area contributed by atoms with Gasteiger partial charge in [-0.05, 0) is 12.3 Å². The highest BCUT2D eigenvalue weighted by atomic mass is 16.7. The molecule has 0 radical (unpaired) electrons. The summed E-state index contributed by atoms with van der Waals surface area (Å²) in [4.78, 5) is 11.5. The highest BCUT2D eigenvalue weighted by Crippen LogP contribution is 2.53. The summed E-state index contributed by atoms with van der Waals surface area (Å²) < 4.78 is 15.6. The van der Waals surface area contributed by atoms with Gasteiger partial charge in [0, 0.05) is 18.4 Å². The highest BCUT2D eigenvalue weighted by Gasteiger charge is 2.55. The number of carbonyl (C=O) groups is 1. The molecule has 1 aliphatic carbocycles. The van der Waals surface area contributed by atoms with E-state index < -0.39 is 0 Å². The largest absolute Gasteiger partial charge is 0.461 e. The van der Waals surface area contributed by atoms with Gasteiger partial charge in [-0.1, -0.05) is 13.8 Å². The molecular formula is C12H20O4. The topological polar surface area (TPSA) is 44.8 Å². The third-order valence-corrected chi connectivity index (χ3v) is 3.75. The SMILES string of the molecule is COCOC[C@H]1CC(=O)O[C@H]2[C@@H]1CC2(C)C. The van der Waals surface area contributed by atoms with Crippen molar-refractivity contribution in [3.05, 3.63) is 0 Å². The number of hydrogen-bond donors (Lipinski definition) is 0. The predicted molar refractivity (Wildman–Crippen MR) is 57.7 cm³/mol. The molecule has 4 heteroatoms. The first kappa shape index (κ1) is 11.9. The number of rotatable bonds is 4. The molecule has 0 amide bonds. The standard InChI is InChI=1S/C12H20O4/c1-12(2)5-9-8(6-15-7-14-3)4-10(13)16-11(9)12/h8-9,11H,4-7H2,1-3H3/t8-,9-,11+/m1/s1. The normalized spacial score (nSPS) is 36.2. The molecule has 92 valence electrons. The molecule has 0 bridgehead atoms. The Morgan fingerprint density at radius 2 is 2.25 bits per heavy atom. The maximum atomic E-state index is 11.5. The molecule has 2 aliphatic rings. The fourth-order valence-electron chi connectivity index (χ4n) is 2.93. The Balaban J connectivity index is 1.91. The molecule has 3 atom stereocenters. The van der Waals surface area contributed by atoms with Crippen LogP contribution in [-0.4, -0.2) is 32.6 Å². The van der Waals surface area contributed by atoms with Crippen LogP contribution in [-0.2, 0) is 19.0 Å². The summed E-state index contributed by atoms with van der Waals surface area (Å²) in [6, 6.07) is 0. The molecule has 4 nitrogen and oxygen atoms in total. The van der Waals surface area contributed by atoms with Crippen LogP contribution in [0, 0.1) is 17.3 Å². The van der Waals surface area contributed by atoms with E-state index in [0.717, 1.165) is 6.42 Å². The summed E-state index contributed by atoms with van der Waals surface area (Å²) in [5.41, 5.74) is 0.139. The van der Waals surface area contributed by atoms with Crippen LogP contribution in [0.25, 0.3) is 0 Å². The van der Waals surface area contributed by atoms with Crippen molar-refractivity contribution in [3.8, 4) is 0 Å². The van der Waals surface area contributed by atoms with Gasteiger partial charge in [-0.2, -0.15) is 0 Å². The minimum absolute atomic E-state index is 0.0833. The number of hydrogen-bond acceptors (Lipinski definition) is 4. The lowest BCUT2D eigenvalue weighted by molar-refractivity contribution is -0.210. The average molecular weight is 228 g/mol. The first-order valence-corrected chi connectivity index (χ1v) is 5.81. The molecule has 0 aromatic rings. The van der Waals surface area contributed by atoms with Crippen molar-refractivity contribution in [2.24, 2.45) is 17.3 Å². The molecule has 2 fully saturated rings. The number of ether oxygens (including phenoxy) is 3. The van der Waals surface area contributed by atoms with E-state index >= 15 is 0 Å². The molecule has 2 rings (SSSR count). The second kappa shape index (κ2) is 4.34. The number of fused-ring (bicyclic) bond motifs is 1. The van der Waals surface area contributed by atoms with E-state index in [1.54, 1.807) is 7.11 Å². The van der Waals surface area contributed by atoms with E-state index in [2.05, 4.69) is 13.8 Å². The van der Waals surface area contributed by atoms with Gasteiger partial charge in [0.25, 0.3) is 0 Å². The average Bonchev–Trinajstić information content (AvgIpc) is 2.21. The van der Waals surface area contributed by atoms with Crippen LogP contribution in [0.1, 0.15) is 26.7 Å². The van der Waals surface area contributed by atoms with Crippen LogP contribution >= 0.6 is 0 Å². The third kappa shape index (κ3) is 2.09. The van der Waals surface area contributed by atoms with Gasteiger partial charge in [0.1, 0.15) is 12.9 Å². The fraction of sp³-hybridized carbons (Fsp3) is 0.917. The monoisotopic (exact) mass is 228 g/mol. The molecule has 0 aromatic heterocycles. The van der Waals surface area contributed by atoms with E-state index in [1.807, 2.05) is 0 Å². The Labute approximate surface area is 96.2 Å². The first-order chi connectivity index (χ1) is 7.54. The Bertz CT molecular complexity index is 274. The van der Waals surface area contributed by atoms with Crippen LogP contribution in [0.4, 0.5) is 0 Å². The lowest BCUT2D eigenvalue weighted by Gasteiger charge is -2.55. The van der Waals surface area contributed by atoms with Gasteiger partial charge < -0.3 is 14.2 Å². The second-order valence-corrected chi connectivity index (χ2v) is 5.51. The zero-order valence-electron chi connectivity index (χ0n) is 10.2. The molecule has 1 saturated heterocycles. The molecule has 16 heavy (non-hydrogen) atoms. The van der Waals surface area contributed by atoms with Gasteiger partial charge in [0.2, 0.25) is 0 Å². The molecule has 0 aromatic carbocycles. The van der Waals surface area contributed by atoms with Gasteiger partial charge in [-0.3, -0.25) is 4.79 Å². The van der Waals surface area contributed by atoms with Crippen LogP contribution in [0.5, 0.6) is 0 Å². The van der Waals surface area contributed by atoms with E-state index in [4.69, 9.17) is 14.2 Å². The summed E-state index contributed by atoms with van der Waals surface area (Å²) >= 11 is 0. The number of carbonyl (C=O) groups excluding carboxylic acids is 1. The molecule has 1 heterocycles. The lowest BCUT2D eigenvalue weighted by atomic mass is 9.56. The van der Waals surface area contributed by atoms with Crippen molar-refractivity contribution in [2.75, 3.05) is 20.5 Å². The quantitative estimate of drug-likeness (QED) is 0.416. The number of esters is 1. The molecular weight excluding hydrogens is 208 g/mol. The first-order valence-electron chi connectivity index (χ1n) is 5.81. The minimum Gasteiger partial charge on any atom is -0.461 e. The summed E-state index contributed by atoms with van der Waals surface area (Å²) in [5.74, 6) is 0.694. The predicted octanol–water partition coefficient (Wildman–Crippen LogP) is 1.58. The minimum atomic E-state index is -0.0833. The molecule has 1 aliphatic heterocycles. The van der Waals surface area contributed by atoms with Crippen molar-refractivity contribution < 1.29 is 19.0 Å². The van der Waals surface area contributed by atoms with Gasteiger partial charge in [-0.15, -0.1) is 0 Å². The molecule has 0 spiro atoms. The smallest absolute Gasteiger partial charge is 0.306 e. The Hall–Kier alpha value is -0.610. The maximum absolute atomic E-state index is 11.5. The van der Waals surface area contributed by atoms with Gasteiger partial charge in [-0.25, -0.2) is 0 Å². The third-order valence-electron chi connectivity index (χ3n) is 3.75. The Kier molecular flexibility index (Phi) is 3.22. The van der Waals surface area contributed by atoms with Crippen LogP contribution < -0.4 is 0 Å². The Morgan fingerprint density at radius 3 is 2.88 bits per heavy atom. The van der Waals surface area contributed by atoms with E-state index in [9.17, 15) is 4.79 Å². The lowest BCUT2D eigenvalue weighted by Crippen LogP contribution is -2.58. The summed E-state index contributed by atoms with van der Waals surface area (Å²) in [7, 11) is 1.60. The summed E-state index contributed by atoms with van der Waals surface area (Å²) in [6.07, 6.45) is 1.69. The maximum Gasteiger partial charge on any atom is 0.306 e. The molecule has 0 unspecified atom stereocenters. The number of methoxy groups -OCH3 is 1. The van der Waals surface area contributed by atoms with Crippen LogP contribution in [0.2, 0.25) is 0 Å². The van der Waals surface area contributed by atoms with Crippen molar-refractivity contribution in [3.63, 3.8) is 0 Å². The zero-order chi connectivity index (χ0) is 11.8. The fourth-order valence-corrected chi connectivity index (χ4v) is 2.93.